The van der Waals surface area contributed by atoms with Crippen LogP contribution in [-0.2, 0) is 0 Å². The quantitative estimate of drug-likeness (QED) is 0.825. The van der Waals surface area contributed by atoms with Gasteiger partial charge in [-0.2, -0.15) is 13.2 Å². The van der Waals surface area contributed by atoms with Crippen LogP contribution in [0.2, 0.25) is 0 Å². The highest BCUT2D eigenvalue weighted by Gasteiger charge is 2.42. The average molecular weight is 264 g/mol. The Balaban J connectivity index is 1.82. The molecule has 1 N–H and O–H groups in total. The molecule has 0 spiro atoms. The summed E-state index contributed by atoms with van der Waals surface area (Å²) in [6.07, 6.45) is -0.736. The summed E-state index contributed by atoms with van der Waals surface area (Å²) in [6, 6.07) is -1.28. The molecule has 2 rings (SSSR count). The highest BCUT2D eigenvalue weighted by atomic mass is 19.4. The number of nitrogens with zero attached hydrogens (tertiary/aromatic N) is 1. The van der Waals surface area contributed by atoms with Crippen molar-refractivity contribution in [2.45, 2.75) is 44.8 Å². The predicted molar refractivity (Wildman–Crippen MR) is 65.4 cm³/mol. The minimum absolute atomic E-state index is 0.247. The topological polar surface area (TPSA) is 15.3 Å². The fraction of sp³-hybridized carbons (Fsp3) is 1.00. The Kier molecular flexibility index (Phi) is 4.54. The SMILES string of the molecule is CCN1CCCC(C2CCC(C(F)(F)F)NC2)C1. The van der Waals surface area contributed by atoms with Crippen molar-refractivity contribution in [2.24, 2.45) is 11.8 Å². The minimum Gasteiger partial charge on any atom is -0.306 e. The summed E-state index contributed by atoms with van der Waals surface area (Å²) < 4.78 is 37.7. The van der Waals surface area contributed by atoms with Crippen molar-refractivity contribution in [3.63, 3.8) is 0 Å². The molecule has 3 unspecified atom stereocenters. The van der Waals surface area contributed by atoms with Gasteiger partial charge in [-0.15, -0.1) is 0 Å². The van der Waals surface area contributed by atoms with Gasteiger partial charge in [-0.05, 0) is 57.2 Å². The summed E-state index contributed by atoms with van der Waals surface area (Å²) >= 11 is 0. The molecule has 2 aliphatic heterocycles. The number of piperidine rings is 2. The molecule has 0 aromatic carbocycles. The predicted octanol–water partition coefficient (Wildman–Crippen LogP) is 2.65. The maximum Gasteiger partial charge on any atom is 0.403 e. The second kappa shape index (κ2) is 5.78. The Hall–Kier alpha value is -0.290. The Morgan fingerprint density at radius 3 is 2.50 bits per heavy atom. The van der Waals surface area contributed by atoms with Crippen molar-refractivity contribution < 1.29 is 13.2 Å². The van der Waals surface area contributed by atoms with Crippen LogP contribution in [0, 0.1) is 11.8 Å². The van der Waals surface area contributed by atoms with Gasteiger partial charge in [-0.3, -0.25) is 0 Å². The number of rotatable bonds is 2. The van der Waals surface area contributed by atoms with E-state index in [0.717, 1.165) is 26.1 Å². The fourth-order valence-electron chi connectivity index (χ4n) is 3.32. The lowest BCUT2D eigenvalue weighted by atomic mass is 9.80. The minimum atomic E-state index is -4.08. The van der Waals surface area contributed by atoms with Crippen LogP contribution in [-0.4, -0.2) is 43.3 Å². The summed E-state index contributed by atoms with van der Waals surface area (Å²) in [5, 5.41) is 2.70. The van der Waals surface area contributed by atoms with E-state index in [4.69, 9.17) is 0 Å². The lowest BCUT2D eigenvalue weighted by Crippen LogP contribution is -2.51. The third-order valence-electron chi connectivity index (χ3n) is 4.50. The van der Waals surface area contributed by atoms with Gasteiger partial charge in [0.05, 0.1) is 0 Å². The van der Waals surface area contributed by atoms with Crippen LogP contribution >= 0.6 is 0 Å². The molecule has 2 heterocycles. The Bertz CT molecular complexity index is 259. The van der Waals surface area contributed by atoms with E-state index in [-0.39, 0.29) is 6.42 Å². The second-order valence-electron chi connectivity index (χ2n) is 5.64. The highest BCUT2D eigenvalue weighted by molar-refractivity contribution is 4.87. The van der Waals surface area contributed by atoms with Crippen molar-refractivity contribution in [2.75, 3.05) is 26.2 Å². The first-order chi connectivity index (χ1) is 8.50. The van der Waals surface area contributed by atoms with Crippen molar-refractivity contribution in [3.8, 4) is 0 Å². The lowest BCUT2D eigenvalue weighted by Gasteiger charge is -2.40. The molecular weight excluding hydrogens is 241 g/mol. The van der Waals surface area contributed by atoms with Gasteiger partial charge >= 0.3 is 6.18 Å². The molecule has 0 aromatic rings. The number of alkyl halides is 3. The Morgan fingerprint density at radius 2 is 1.94 bits per heavy atom. The largest absolute Gasteiger partial charge is 0.403 e. The summed E-state index contributed by atoms with van der Waals surface area (Å²) in [6.45, 7) is 5.97. The van der Waals surface area contributed by atoms with Gasteiger partial charge in [-0.25, -0.2) is 0 Å². The van der Waals surface area contributed by atoms with E-state index >= 15 is 0 Å². The van der Waals surface area contributed by atoms with Crippen molar-refractivity contribution in [1.82, 2.24) is 10.2 Å². The van der Waals surface area contributed by atoms with E-state index in [1.807, 2.05) is 0 Å². The number of hydrogen-bond acceptors (Lipinski definition) is 2. The van der Waals surface area contributed by atoms with Crippen LogP contribution in [0.5, 0.6) is 0 Å². The van der Waals surface area contributed by atoms with Gasteiger partial charge in [0, 0.05) is 6.54 Å². The summed E-state index contributed by atoms with van der Waals surface area (Å²) in [4.78, 5) is 2.42. The van der Waals surface area contributed by atoms with Crippen LogP contribution < -0.4 is 5.32 Å². The standard InChI is InChI=1S/C13H23F3N2/c1-2-18-7-3-4-11(9-18)10-5-6-12(17-8-10)13(14,15)16/h10-12,17H,2-9H2,1H3. The third kappa shape index (κ3) is 3.38. The zero-order valence-electron chi connectivity index (χ0n) is 11.0. The van der Waals surface area contributed by atoms with E-state index in [9.17, 15) is 13.2 Å². The number of nitrogens with one attached hydrogen (secondary N) is 1. The van der Waals surface area contributed by atoms with Crippen LogP contribution in [0.25, 0.3) is 0 Å². The molecule has 0 radical (unpaired) electrons. The van der Waals surface area contributed by atoms with Gasteiger partial charge in [0.2, 0.25) is 0 Å². The molecule has 2 fully saturated rings. The smallest absolute Gasteiger partial charge is 0.306 e. The van der Waals surface area contributed by atoms with Crippen molar-refractivity contribution in [1.29, 1.82) is 0 Å². The molecule has 5 heteroatoms. The first kappa shape index (κ1) is 14.1. The zero-order valence-corrected chi connectivity index (χ0v) is 11.0. The second-order valence-corrected chi connectivity index (χ2v) is 5.64. The normalized spacial score (nSPS) is 35.7. The van der Waals surface area contributed by atoms with Gasteiger partial charge in [-0.1, -0.05) is 6.92 Å². The van der Waals surface area contributed by atoms with Gasteiger partial charge < -0.3 is 10.2 Å². The molecule has 106 valence electrons. The zero-order chi connectivity index (χ0) is 13.2. The molecule has 2 saturated heterocycles. The van der Waals surface area contributed by atoms with Crippen LogP contribution in [0.15, 0.2) is 0 Å². The average Bonchev–Trinajstić information content (AvgIpc) is 2.38. The van der Waals surface area contributed by atoms with E-state index < -0.39 is 12.2 Å². The summed E-state index contributed by atoms with van der Waals surface area (Å²) in [5.41, 5.74) is 0. The van der Waals surface area contributed by atoms with Gasteiger partial charge in [0.1, 0.15) is 6.04 Å². The maximum absolute atomic E-state index is 12.6. The van der Waals surface area contributed by atoms with Crippen molar-refractivity contribution in [3.05, 3.63) is 0 Å². The fourth-order valence-corrected chi connectivity index (χ4v) is 3.32. The van der Waals surface area contributed by atoms with E-state index in [1.165, 1.54) is 12.8 Å². The number of halogens is 3. The molecule has 2 nitrogen and oxygen atoms in total. The van der Waals surface area contributed by atoms with Crippen molar-refractivity contribution >= 4 is 0 Å². The third-order valence-corrected chi connectivity index (χ3v) is 4.50. The van der Waals surface area contributed by atoms with Crippen LogP contribution in [0.3, 0.4) is 0 Å². The molecular formula is C13H23F3N2. The first-order valence-electron chi connectivity index (χ1n) is 7.03. The summed E-state index contributed by atoms with van der Waals surface area (Å²) in [7, 11) is 0. The van der Waals surface area contributed by atoms with Gasteiger partial charge in [0.15, 0.2) is 0 Å². The first-order valence-corrected chi connectivity index (χ1v) is 7.03. The monoisotopic (exact) mass is 264 g/mol. The van der Waals surface area contributed by atoms with E-state index in [2.05, 4.69) is 17.1 Å². The molecule has 3 atom stereocenters. The van der Waals surface area contributed by atoms with E-state index in [1.54, 1.807) is 0 Å². The highest BCUT2D eigenvalue weighted by Crippen LogP contribution is 2.33. The van der Waals surface area contributed by atoms with Crippen LogP contribution in [0.4, 0.5) is 13.2 Å². The molecule has 2 aliphatic rings. The molecule has 0 saturated carbocycles. The molecule has 0 aromatic heterocycles. The maximum atomic E-state index is 12.6. The molecule has 0 bridgehead atoms. The number of likely N-dealkylation sites (tertiary alicyclic amines) is 1. The molecule has 0 amide bonds. The Labute approximate surface area is 107 Å². The lowest BCUT2D eigenvalue weighted by molar-refractivity contribution is -0.163. The van der Waals surface area contributed by atoms with Crippen LogP contribution in [0.1, 0.15) is 32.6 Å². The molecule has 18 heavy (non-hydrogen) atoms. The molecule has 0 aliphatic carbocycles. The van der Waals surface area contributed by atoms with E-state index in [0.29, 0.717) is 18.4 Å². The Morgan fingerprint density at radius 1 is 1.17 bits per heavy atom. The summed E-state index contributed by atoms with van der Waals surface area (Å²) in [5.74, 6) is 1.01. The van der Waals surface area contributed by atoms with Gasteiger partial charge in [0.25, 0.3) is 0 Å². The number of hydrogen-bond donors (Lipinski definition) is 1.